The summed E-state index contributed by atoms with van der Waals surface area (Å²) < 4.78 is 2.12. The highest BCUT2D eigenvalue weighted by molar-refractivity contribution is 7.11. The zero-order valence-electron chi connectivity index (χ0n) is 9.84. The first-order chi connectivity index (χ1) is 8.22. The standard InChI is InChI=1S/C13H16N2OS/c1-9-14-6-12(17-9)8-15-5-4-11(7-15)13(16)10-2-3-10/h4-7,10,13,16H,2-3,8H2,1H3. The molecule has 0 spiro atoms. The number of hydrogen-bond donors (Lipinski definition) is 1. The summed E-state index contributed by atoms with van der Waals surface area (Å²) in [6, 6.07) is 2.02. The molecule has 17 heavy (non-hydrogen) atoms. The van der Waals surface area contributed by atoms with Crippen LogP contribution in [0.2, 0.25) is 0 Å². The van der Waals surface area contributed by atoms with Gasteiger partial charge in [-0.3, -0.25) is 0 Å². The second-order valence-corrected chi connectivity index (χ2v) is 6.06. The van der Waals surface area contributed by atoms with Gasteiger partial charge in [0.2, 0.25) is 0 Å². The summed E-state index contributed by atoms with van der Waals surface area (Å²) in [5.74, 6) is 0.497. The summed E-state index contributed by atoms with van der Waals surface area (Å²) in [7, 11) is 0. The van der Waals surface area contributed by atoms with Crippen molar-refractivity contribution in [2.75, 3.05) is 0 Å². The number of aliphatic hydroxyl groups excluding tert-OH is 1. The first kappa shape index (κ1) is 11.0. The number of hydrogen-bond acceptors (Lipinski definition) is 3. The highest BCUT2D eigenvalue weighted by atomic mass is 32.1. The molecular formula is C13H16N2OS. The van der Waals surface area contributed by atoms with Gasteiger partial charge in [-0.25, -0.2) is 4.98 Å². The maximum atomic E-state index is 10.0. The fourth-order valence-corrected chi connectivity index (χ4v) is 2.88. The van der Waals surface area contributed by atoms with Crippen LogP contribution >= 0.6 is 11.3 Å². The minimum atomic E-state index is -0.264. The monoisotopic (exact) mass is 248 g/mol. The Labute approximate surface area is 105 Å². The second kappa shape index (κ2) is 4.27. The van der Waals surface area contributed by atoms with Crippen molar-refractivity contribution in [2.45, 2.75) is 32.4 Å². The van der Waals surface area contributed by atoms with Gasteiger partial charge in [0.1, 0.15) is 0 Å². The van der Waals surface area contributed by atoms with Crippen LogP contribution in [0.1, 0.15) is 34.4 Å². The van der Waals surface area contributed by atoms with Crippen molar-refractivity contribution in [1.29, 1.82) is 0 Å². The minimum absolute atomic E-state index is 0.264. The van der Waals surface area contributed by atoms with E-state index in [9.17, 15) is 5.11 Å². The molecular weight excluding hydrogens is 232 g/mol. The SMILES string of the molecule is Cc1ncc(Cn2ccc(C(O)C3CC3)c2)s1. The van der Waals surface area contributed by atoms with Gasteiger partial charge in [-0.1, -0.05) is 0 Å². The van der Waals surface area contributed by atoms with Crippen LogP contribution < -0.4 is 0 Å². The maximum absolute atomic E-state index is 10.0. The fraction of sp³-hybridized carbons (Fsp3) is 0.462. The van der Waals surface area contributed by atoms with E-state index in [1.165, 1.54) is 17.7 Å². The number of nitrogens with zero attached hydrogens (tertiary/aromatic N) is 2. The van der Waals surface area contributed by atoms with E-state index in [1.54, 1.807) is 11.3 Å². The number of rotatable bonds is 4. The van der Waals surface area contributed by atoms with E-state index < -0.39 is 0 Å². The van der Waals surface area contributed by atoms with Gasteiger partial charge in [0.25, 0.3) is 0 Å². The summed E-state index contributed by atoms with van der Waals surface area (Å²) in [6.07, 6.45) is 8.09. The Balaban J connectivity index is 1.71. The van der Waals surface area contributed by atoms with E-state index >= 15 is 0 Å². The lowest BCUT2D eigenvalue weighted by Gasteiger charge is -2.05. The molecule has 0 bridgehead atoms. The third-order valence-corrected chi connectivity index (χ3v) is 4.09. The molecule has 0 saturated heterocycles. The molecule has 1 unspecified atom stereocenters. The molecule has 1 N–H and O–H groups in total. The summed E-state index contributed by atoms with van der Waals surface area (Å²) >= 11 is 1.72. The number of aryl methyl sites for hydroxylation is 1. The van der Waals surface area contributed by atoms with E-state index in [0.29, 0.717) is 5.92 Å². The van der Waals surface area contributed by atoms with Gasteiger partial charge in [-0.2, -0.15) is 0 Å². The lowest BCUT2D eigenvalue weighted by atomic mass is 10.1. The molecule has 2 heterocycles. The Morgan fingerprint density at radius 2 is 2.41 bits per heavy atom. The smallest absolute Gasteiger partial charge is 0.0897 e. The van der Waals surface area contributed by atoms with Gasteiger partial charge >= 0.3 is 0 Å². The molecule has 3 rings (SSSR count). The van der Waals surface area contributed by atoms with Crippen molar-refractivity contribution in [3.63, 3.8) is 0 Å². The average molecular weight is 248 g/mol. The van der Waals surface area contributed by atoms with Gasteiger partial charge in [0, 0.05) is 23.5 Å². The van der Waals surface area contributed by atoms with Gasteiger partial charge in [0.15, 0.2) is 0 Å². The molecule has 0 radical (unpaired) electrons. The molecule has 3 nitrogen and oxygen atoms in total. The largest absolute Gasteiger partial charge is 0.388 e. The fourth-order valence-electron chi connectivity index (χ4n) is 2.08. The van der Waals surface area contributed by atoms with Crippen LogP contribution in [0, 0.1) is 12.8 Å². The Morgan fingerprint density at radius 1 is 1.59 bits per heavy atom. The van der Waals surface area contributed by atoms with Crippen LogP contribution in [-0.2, 0) is 6.54 Å². The molecule has 1 aliphatic carbocycles. The first-order valence-electron chi connectivity index (χ1n) is 5.97. The summed E-state index contributed by atoms with van der Waals surface area (Å²) in [5, 5.41) is 11.1. The quantitative estimate of drug-likeness (QED) is 0.903. The molecule has 0 amide bonds. The van der Waals surface area contributed by atoms with Gasteiger partial charge in [0.05, 0.1) is 17.7 Å². The normalized spacial score (nSPS) is 17.3. The van der Waals surface area contributed by atoms with E-state index in [1.807, 2.05) is 25.4 Å². The van der Waals surface area contributed by atoms with Crippen molar-refractivity contribution in [2.24, 2.45) is 5.92 Å². The van der Waals surface area contributed by atoms with Crippen LogP contribution in [0.5, 0.6) is 0 Å². The van der Waals surface area contributed by atoms with Crippen LogP contribution in [0.25, 0.3) is 0 Å². The molecule has 1 aliphatic rings. The molecule has 2 aromatic rings. The Bertz CT molecular complexity index is 513. The Morgan fingerprint density at radius 3 is 3.06 bits per heavy atom. The zero-order chi connectivity index (χ0) is 11.8. The molecule has 0 aromatic carbocycles. The second-order valence-electron chi connectivity index (χ2n) is 4.75. The zero-order valence-corrected chi connectivity index (χ0v) is 10.7. The first-order valence-corrected chi connectivity index (χ1v) is 6.79. The van der Waals surface area contributed by atoms with E-state index in [-0.39, 0.29) is 6.10 Å². The average Bonchev–Trinajstić information content (AvgIpc) is 2.93. The van der Waals surface area contributed by atoms with Crippen LogP contribution in [0.15, 0.2) is 24.7 Å². The molecule has 0 aliphatic heterocycles. The predicted molar refractivity (Wildman–Crippen MR) is 68.1 cm³/mol. The van der Waals surface area contributed by atoms with Crippen molar-refractivity contribution in [3.8, 4) is 0 Å². The highest BCUT2D eigenvalue weighted by Crippen LogP contribution is 2.40. The lowest BCUT2D eigenvalue weighted by molar-refractivity contribution is 0.154. The van der Waals surface area contributed by atoms with Gasteiger partial charge < -0.3 is 9.67 Å². The molecule has 2 aromatic heterocycles. The van der Waals surface area contributed by atoms with E-state index in [0.717, 1.165) is 17.1 Å². The van der Waals surface area contributed by atoms with Crippen LogP contribution in [0.3, 0.4) is 0 Å². The molecule has 1 saturated carbocycles. The Hall–Kier alpha value is -1.13. The predicted octanol–water partition coefficient (Wildman–Crippen LogP) is 2.74. The number of aromatic nitrogens is 2. The van der Waals surface area contributed by atoms with Gasteiger partial charge in [-0.05, 0) is 37.3 Å². The van der Waals surface area contributed by atoms with Gasteiger partial charge in [-0.15, -0.1) is 11.3 Å². The van der Waals surface area contributed by atoms with Crippen molar-refractivity contribution < 1.29 is 5.11 Å². The minimum Gasteiger partial charge on any atom is -0.388 e. The third-order valence-electron chi connectivity index (χ3n) is 3.19. The highest BCUT2D eigenvalue weighted by Gasteiger charge is 2.31. The van der Waals surface area contributed by atoms with Crippen LogP contribution in [-0.4, -0.2) is 14.7 Å². The maximum Gasteiger partial charge on any atom is 0.0897 e. The number of thiazole rings is 1. The van der Waals surface area contributed by atoms with Crippen molar-refractivity contribution >= 4 is 11.3 Å². The van der Waals surface area contributed by atoms with Crippen molar-refractivity contribution in [3.05, 3.63) is 40.1 Å². The van der Waals surface area contributed by atoms with Crippen molar-refractivity contribution in [1.82, 2.24) is 9.55 Å². The Kier molecular flexibility index (Phi) is 2.76. The molecule has 4 heteroatoms. The third kappa shape index (κ3) is 2.42. The summed E-state index contributed by atoms with van der Waals surface area (Å²) in [5.41, 5.74) is 1.05. The summed E-state index contributed by atoms with van der Waals surface area (Å²) in [4.78, 5) is 5.50. The lowest BCUT2D eigenvalue weighted by Crippen LogP contribution is -1.98. The summed E-state index contributed by atoms with van der Waals surface area (Å²) in [6.45, 7) is 2.87. The van der Waals surface area contributed by atoms with E-state index in [4.69, 9.17) is 0 Å². The molecule has 1 fully saturated rings. The van der Waals surface area contributed by atoms with E-state index in [2.05, 4.69) is 15.7 Å². The number of aliphatic hydroxyl groups is 1. The topological polar surface area (TPSA) is 38.0 Å². The molecule has 1 atom stereocenters. The van der Waals surface area contributed by atoms with Crippen LogP contribution in [0.4, 0.5) is 0 Å². The molecule has 90 valence electrons.